The van der Waals surface area contributed by atoms with Gasteiger partial charge in [0.15, 0.2) is 0 Å². The van der Waals surface area contributed by atoms with Gasteiger partial charge in [0.2, 0.25) is 10.0 Å². The quantitative estimate of drug-likeness (QED) is 0.671. The predicted molar refractivity (Wildman–Crippen MR) is 97.5 cm³/mol. The fraction of sp³-hybridized carbons (Fsp3) is 0.412. The maximum Gasteiger partial charge on any atom is 0.211 e. The van der Waals surface area contributed by atoms with Gasteiger partial charge in [-0.15, -0.1) is 0 Å². The van der Waals surface area contributed by atoms with E-state index < -0.39 is 10.0 Å². The van der Waals surface area contributed by atoms with E-state index in [0.29, 0.717) is 24.7 Å². The number of sulfonamides is 1. The molecule has 0 aliphatic carbocycles. The molecule has 1 aliphatic rings. The van der Waals surface area contributed by atoms with Crippen LogP contribution in [0.4, 0.5) is 10.2 Å². The summed E-state index contributed by atoms with van der Waals surface area (Å²) in [5.41, 5.74) is 2.68. The van der Waals surface area contributed by atoms with E-state index in [4.69, 9.17) is 0 Å². The number of aromatic nitrogens is 2. The molecule has 0 atom stereocenters. The molecule has 0 saturated carbocycles. The van der Waals surface area contributed by atoms with Crippen LogP contribution in [0.2, 0.25) is 0 Å². The molecular formula is C17H22FN5O2S. The van der Waals surface area contributed by atoms with Gasteiger partial charge in [0.05, 0.1) is 18.0 Å². The summed E-state index contributed by atoms with van der Waals surface area (Å²) in [7, 11) is -3.32. The third kappa shape index (κ3) is 4.75. The number of nitrogens with zero attached hydrogens (tertiary/aromatic N) is 2. The van der Waals surface area contributed by atoms with Gasteiger partial charge in [-0.2, -0.15) is 0 Å². The summed E-state index contributed by atoms with van der Waals surface area (Å²) in [5, 5.41) is 6.50. The fourth-order valence-corrected chi connectivity index (χ4v) is 3.30. The van der Waals surface area contributed by atoms with Gasteiger partial charge in [-0.1, -0.05) is 12.1 Å². The lowest BCUT2D eigenvalue weighted by molar-refractivity contribution is 0.578. The molecule has 0 spiro atoms. The van der Waals surface area contributed by atoms with Gasteiger partial charge in [0.1, 0.15) is 17.5 Å². The third-order valence-corrected chi connectivity index (χ3v) is 5.51. The molecule has 0 bridgehead atoms. The highest BCUT2D eigenvalue weighted by molar-refractivity contribution is 7.89. The molecule has 3 rings (SSSR count). The number of halogens is 1. The Morgan fingerprint density at radius 2 is 2.12 bits per heavy atom. The van der Waals surface area contributed by atoms with Crippen molar-refractivity contribution >= 4 is 15.8 Å². The fourth-order valence-electron chi connectivity index (χ4n) is 2.75. The number of benzene rings is 1. The molecule has 0 radical (unpaired) electrons. The first-order valence-electron chi connectivity index (χ1n) is 8.52. The van der Waals surface area contributed by atoms with Crippen molar-refractivity contribution in [2.75, 3.05) is 17.6 Å². The molecule has 1 aliphatic heterocycles. The Balaban J connectivity index is 1.81. The van der Waals surface area contributed by atoms with Crippen molar-refractivity contribution in [1.82, 2.24) is 20.0 Å². The highest BCUT2D eigenvalue weighted by Gasteiger charge is 2.18. The maximum atomic E-state index is 13.3. The monoisotopic (exact) mass is 379 g/mol. The molecular weight excluding hydrogens is 357 g/mol. The largest absolute Gasteiger partial charge is 0.366 e. The third-order valence-electron chi connectivity index (χ3n) is 4.16. The molecule has 0 saturated heterocycles. The van der Waals surface area contributed by atoms with Crippen LogP contribution >= 0.6 is 0 Å². The highest BCUT2D eigenvalue weighted by atomic mass is 32.2. The van der Waals surface area contributed by atoms with E-state index in [1.54, 1.807) is 13.0 Å². The van der Waals surface area contributed by atoms with Crippen molar-refractivity contribution in [3.63, 3.8) is 0 Å². The van der Waals surface area contributed by atoms with Gasteiger partial charge in [0.25, 0.3) is 0 Å². The van der Waals surface area contributed by atoms with E-state index in [0.717, 1.165) is 29.8 Å². The molecule has 2 aromatic rings. The first-order chi connectivity index (χ1) is 12.5. The summed E-state index contributed by atoms with van der Waals surface area (Å²) in [6.07, 6.45) is 0.780. The summed E-state index contributed by atoms with van der Waals surface area (Å²) in [4.78, 5) is 8.97. The first kappa shape index (κ1) is 18.7. The van der Waals surface area contributed by atoms with Crippen LogP contribution in [-0.2, 0) is 36.1 Å². The van der Waals surface area contributed by atoms with Crippen molar-refractivity contribution in [3.8, 4) is 0 Å². The summed E-state index contributed by atoms with van der Waals surface area (Å²) >= 11 is 0. The van der Waals surface area contributed by atoms with Crippen molar-refractivity contribution < 1.29 is 12.8 Å². The minimum atomic E-state index is -3.32. The molecule has 1 aromatic carbocycles. The molecule has 26 heavy (non-hydrogen) atoms. The van der Waals surface area contributed by atoms with E-state index in [1.165, 1.54) is 12.1 Å². The second-order valence-electron chi connectivity index (χ2n) is 6.05. The number of anilines is 1. The minimum Gasteiger partial charge on any atom is -0.366 e. The highest BCUT2D eigenvalue weighted by Crippen LogP contribution is 2.21. The van der Waals surface area contributed by atoms with Crippen LogP contribution in [0.25, 0.3) is 0 Å². The average molecular weight is 379 g/mol. The van der Waals surface area contributed by atoms with Crippen LogP contribution in [0.15, 0.2) is 24.3 Å². The molecule has 0 unspecified atom stereocenters. The van der Waals surface area contributed by atoms with E-state index in [2.05, 4.69) is 25.3 Å². The molecule has 1 aromatic heterocycles. The molecule has 0 amide bonds. The normalized spacial score (nSPS) is 14.1. The van der Waals surface area contributed by atoms with Gasteiger partial charge < -0.3 is 10.6 Å². The lowest BCUT2D eigenvalue weighted by Crippen LogP contribution is -2.29. The SMILES string of the molecule is CCS(=O)(=O)NCc1nc2c(c(NCc3cccc(F)c3)n1)CCNC2. The Kier molecular flexibility index (Phi) is 5.80. The van der Waals surface area contributed by atoms with E-state index in [9.17, 15) is 12.8 Å². The number of nitrogens with one attached hydrogen (secondary N) is 3. The molecule has 3 N–H and O–H groups in total. The summed E-state index contributed by atoms with van der Waals surface area (Å²) in [5.74, 6) is 0.801. The lowest BCUT2D eigenvalue weighted by Gasteiger charge is -2.21. The van der Waals surface area contributed by atoms with Crippen molar-refractivity contribution in [2.24, 2.45) is 0 Å². The Morgan fingerprint density at radius 3 is 2.88 bits per heavy atom. The molecule has 7 nitrogen and oxygen atoms in total. The van der Waals surface area contributed by atoms with E-state index in [-0.39, 0.29) is 18.1 Å². The zero-order chi connectivity index (χ0) is 18.6. The number of rotatable bonds is 7. The lowest BCUT2D eigenvalue weighted by atomic mass is 10.1. The van der Waals surface area contributed by atoms with Crippen LogP contribution in [0.3, 0.4) is 0 Å². The first-order valence-corrected chi connectivity index (χ1v) is 10.2. The van der Waals surface area contributed by atoms with Crippen molar-refractivity contribution in [3.05, 3.63) is 52.7 Å². The van der Waals surface area contributed by atoms with Crippen LogP contribution in [0.1, 0.15) is 29.6 Å². The van der Waals surface area contributed by atoms with Crippen LogP contribution in [0.5, 0.6) is 0 Å². The van der Waals surface area contributed by atoms with Crippen molar-refractivity contribution in [1.29, 1.82) is 0 Å². The smallest absolute Gasteiger partial charge is 0.211 e. The predicted octanol–water partition coefficient (Wildman–Crippen LogP) is 1.31. The Bertz CT molecular complexity index is 889. The summed E-state index contributed by atoms with van der Waals surface area (Å²) in [6, 6.07) is 6.37. The molecule has 140 valence electrons. The Labute approximate surface area is 152 Å². The molecule has 0 fully saturated rings. The maximum absolute atomic E-state index is 13.3. The minimum absolute atomic E-state index is 0.00414. The Morgan fingerprint density at radius 1 is 1.27 bits per heavy atom. The molecule has 2 heterocycles. The number of hydrogen-bond donors (Lipinski definition) is 3. The van der Waals surface area contributed by atoms with Gasteiger partial charge in [0, 0.05) is 18.7 Å². The van der Waals surface area contributed by atoms with Crippen LogP contribution in [-0.4, -0.2) is 30.7 Å². The summed E-state index contributed by atoms with van der Waals surface area (Å²) < 4.78 is 39.2. The van der Waals surface area contributed by atoms with Gasteiger partial charge in [-0.05, 0) is 37.6 Å². The van der Waals surface area contributed by atoms with Crippen LogP contribution in [0, 0.1) is 5.82 Å². The van der Waals surface area contributed by atoms with Gasteiger partial charge in [-0.3, -0.25) is 0 Å². The second kappa shape index (κ2) is 8.07. The molecule has 9 heteroatoms. The second-order valence-corrected chi connectivity index (χ2v) is 8.14. The Hall–Kier alpha value is -2.10. The number of fused-ring (bicyclic) bond motifs is 1. The topological polar surface area (TPSA) is 96.0 Å². The zero-order valence-electron chi connectivity index (χ0n) is 14.5. The number of hydrogen-bond acceptors (Lipinski definition) is 6. The van der Waals surface area contributed by atoms with Crippen LogP contribution < -0.4 is 15.4 Å². The summed E-state index contributed by atoms with van der Waals surface area (Å²) in [6.45, 7) is 3.48. The zero-order valence-corrected chi connectivity index (χ0v) is 15.4. The average Bonchev–Trinajstić information content (AvgIpc) is 2.64. The van der Waals surface area contributed by atoms with Crippen molar-refractivity contribution in [2.45, 2.75) is 33.0 Å². The van der Waals surface area contributed by atoms with Gasteiger partial charge in [-0.25, -0.2) is 27.5 Å². The van der Waals surface area contributed by atoms with Gasteiger partial charge >= 0.3 is 0 Å². The standard InChI is InChI=1S/C17H22FN5O2S/c1-2-26(24,25)21-11-16-22-15-10-19-7-6-14(15)17(23-16)20-9-12-4-3-5-13(18)8-12/h3-5,8,19,21H,2,6-7,9-11H2,1H3,(H,20,22,23). The van der Waals surface area contributed by atoms with E-state index >= 15 is 0 Å². The van der Waals surface area contributed by atoms with E-state index in [1.807, 2.05) is 6.07 Å².